The standard InChI is InChI=1S/C24H22N2O/c1-16-11-13-19(14-12-16)22-23(20-9-6-7-17(2)15-20)26(25-24(22)27)21-10-5-4-8-18(21)3/h4-15H,1-3H3,(H,25,27). The van der Waals surface area contributed by atoms with Gasteiger partial charge in [0.25, 0.3) is 0 Å². The molecule has 0 bridgehead atoms. The number of hydrogen-bond acceptors (Lipinski definition) is 2. The predicted octanol–water partition coefficient (Wildman–Crippen LogP) is 5.84. The van der Waals surface area contributed by atoms with E-state index in [1.807, 2.05) is 41.1 Å². The third kappa shape index (κ3) is 3.13. The van der Waals surface area contributed by atoms with E-state index >= 15 is 0 Å². The van der Waals surface area contributed by atoms with Crippen molar-refractivity contribution in [3.63, 3.8) is 0 Å². The van der Waals surface area contributed by atoms with Crippen LogP contribution in [0, 0.1) is 20.8 Å². The Labute approximate surface area is 159 Å². The second kappa shape index (κ2) is 6.76. The van der Waals surface area contributed by atoms with Gasteiger partial charge in [-0.05, 0) is 44.0 Å². The van der Waals surface area contributed by atoms with Gasteiger partial charge in [0, 0.05) is 5.56 Å². The van der Waals surface area contributed by atoms with E-state index in [1.54, 1.807) is 0 Å². The van der Waals surface area contributed by atoms with Crippen molar-refractivity contribution in [1.29, 1.82) is 0 Å². The molecule has 0 amide bonds. The van der Waals surface area contributed by atoms with Crippen molar-refractivity contribution in [1.82, 2.24) is 9.78 Å². The first-order chi connectivity index (χ1) is 13.0. The molecule has 27 heavy (non-hydrogen) atoms. The molecule has 3 aromatic carbocycles. The summed E-state index contributed by atoms with van der Waals surface area (Å²) in [7, 11) is 0. The summed E-state index contributed by atoms with van der Waals surface area (Å²) in [6.45, 7) is 6.19. The molecule has 3 heteroatoms. The highest BCUT2D eigenvalue weighted by Gasteiger charge is 2.22. The third-order valence-electron chi connectivity index (χ3n) is 4.84. The van der Waals surface area contributed by atoms with Crippen LogP contribution >= 0.6 is 0 Å². The molecule has 1 aromatic heterocycles. The molecule has 0 aliphatic heterocycles. The Morgan fingerprint density at radius 3 is 2.19 bits per heavy atom. The molecule has 0 radical (unpaired) electrons. The van der Waals surface area contributed by atoms with Crippen LogP contribution in [0.4, 0.5) is 0 Å². The minimum absolute atomic E-state index is 0.0404. The molecular weight excluding hydrogens is 332 g/mol. The van der Waals surface area contributed by atoms with Gasteiger partial charge in [0.05, 0.1) is 16.9 Å². The van der Waals surface area contributed by atoms with Crippen LogP contribution in [0.1, 0.15) is 16.7 Å². The fourth-order valence-corrected chi connectivity index (χ4v) is 3.43. The second-order valence-corrected chi connectivity index (χ2v) is 6.98. The van der Waals surface area contributed by atoms with Crippen molar-refractivity contribution in [2.24, 2.45) is 0 Å². The lowest BCUT2D eigenvalue weighted by atomic mass is 9.99. The molecule has 0 unspecified atom stereocenters. The Morgan fingerprint density at radius 1 is 0.741 bits per heavy atom. The van der Waals surface area contributed by atoms with E-state index in [4.69, 9.17) is 0 Å². The number of nitrogens with zero attached hydrogens (tertiary/aromatic N) is 2. The van der Waals surface area contributed by atoms with Gasteiger partial charge in [-0.2, -0.15) is 0 Å². The summed E-state index contributed by atoms with van der Waals surface area (Å²) in [6.07, 6.45) is 0. The van der Waals surface area contributed by atoms with E-state index in [0.29, 0.717) is 0 Å². The molecule has 0 spiro atoms. The molecule has 0 fully saturated rings. The monoisotopic (exact) mass is 354 g/mol. The molecular formula is C24H22N2O. The van der Waals surface area contributed by atoms with Crippen molar-refractivity contribution in [2.75, 3.05) is 0 Å². The van der Waals surface area contributed by atoms with Crippen molar-refractivity contribution in [2.45, 2.75) is 20.8 Å². The zero-order valence-corrected chi connectivity index (χ0v) is 15.8. The summed E-state index contributed by atoms with van der Waals surface area (Å²) in [4.78, 5) is 0. The maximum Gasteiger partial charge on any atom is 0.239 e. The Bertz CT molecular complexity index is 1110. The smallest absolute Gasteiger partial charge is 0.239 e. The average Bonchev–Trinajstić information content (AvgIpc) is 3.00. The quantitative estimate of drug-likeness (QED) is 0.502. The lowest BCUT2D eigenvalue weighted by Gasteiger charge is -2.12. The van der Waals surface area contributed by atoms with Gasteiger partial charge >= 0.3 is 0 Å². The first-order valence-electron chi connectivity index (χ1n) is 9.06. The summed E-state index contributed by atoms with van der Waals surface area (Å²) in [5, 5.41) is 15.3. The summed E-state index contributed by atoms with van der Waals surface area (Å²) in [5.41, 5.74) is 8.04. The van der Waals surface area contributed by atoms with Crippen LogP contribution in [-0.2, 0) is 0 Å². The Balaban J connectivity index is 2.05. The van der Waals surface area contributed by atoms with Crippen LogP contribution in [0.5, 0.6) is 5.88 Å². The number of rotatable bonds is 3. The summed E-state index contributed by atoms with van der Waals surface area (Å²) in [6, 6.07) is 24.6. The second-order valence-electron chi connectivity index (χ2n) is 6.98. The molecule has 4 aromatic rings. The van der Waals surface area contributed by atoms with Gasteiger partial charge in [-0.25, -0.2) is 4.68 Å². The lowest BCUT2D eigenvalue weighted by Crippen LogP contribution is -2.01. The number of aromatic hydroxyl groups is 1. The molecule has 3 nitrogen and oxygen atoms in total. The summed E-state index contributed by atoms with van der Waals surface area (Å²) in [5.74, 6) is 0.0404. The van der Waals surface area contributed by atoms with Gasteiger partial charge in [0.15, 0.2) is 0 Å². The summed E-state index contributed by atoms with van der Waals surface area (Å²) >= 11 is 0. The zero-order chi connectivity index (χ0) is 19.0. The number of hydrogen-bond donors (Lipinski definition) is 1. The van der Waals surface area contributed by atoms with E-state index in [2.05, 4.69) is 62.3 Å². The molecule has 0 aliphatic carbocycles. The topological polar surface area (TPSA) is 38.1 Å². The van der Waals surface area contributed by atoms with Crippen molar-refractivity contribution in [3.8, 4) is 34.0 Å². The largest absolute Gasteiger partial charge is 0.492 e. The normalized spacial score (nSPS) is 10.9. The van der Waals surface area contributed by atoms with Gasteiger partial charge in [-0.3, -0.25) is 0 Å². The van der Waals surface area contributed by atoms with E-state index < -0.39 is 0 Å². The van der Waals surface area contributed by atoms with Crippen molar-refractivity contribution >= 4 is 0 Å². The number of aryl methyl sites for hydroxylation is 3. The Hall–Kier alpha value is -3.33. The molecule has 0 aliphatic rings. The van der Waals surface area contributed by atoms with Gasteiger partial charge < -0.3 is 5.11 Å². The van der Waals surface area contributed by atoms with Crippen LogP contribution in [0.15, 0.2) is 72.8 Å². The Kier molecular flexibility index (Phi) is 4.28. The summed E-state index contributed by atoms with van der Waals surface area (Å²) < 4.78 is 1.86. The van der Waals surface area contributed by atoms with Crippen LogP contribution in [0.3, 0.4) is 0 Å². The number of benzene rings is 3. The molecule has 0 saturated heterocycles. The molecule has 134 valence electrons. The SMILES string of the molecule is Cc1ccc(-c2c(O)nn(-c3ccccc3C)c2-c2cccc(C)c2)cc1. The fraction of sp³-hybridized carbons (Fsp3) is 0.125. The van der Waals surface area contributed by atoms with Gasteiger partial charge in [0.2, 0.25) is 5.88 Å². The van der Waals surface area contributed by atoms with Crippen LogP contribution in [0.25, 0.3) is 28.1 Å². The van der Waals surface area contributed by atoms with Gasteiger partial charge in [0.1, 0.15) is 0 Å². The van der Waals surface area contributed by atoms with Crippen molar-refractivity contribution < 1.29 is 5.11 Å². The van der Waals surface area contributed by atoms with Gasteiger partial charge in [-0.15, -0.1) is 5.10 Å². The first-order valence-corrected chi connectivity index (χ1v) is 9.06. The van der Waals surface area contributed by atoms with Gasteiger partial charge in [-0.1, -0.05) is 71.8 Å². The first kappa shape index (κ1) is 17.1. The number of aromatic nitrogens is 2. The van der Waals surface area contributed by atoms with Crippen LogP contribution < -0.4 is 0 Å². The predicted molar refractivity (Wildman–Crippen MR) is 110 cm³/mol. The molecule has 1 heterocycles. The van der Waals surface area contributed by atoms with Crippen LogP contribution in [0.2, 0.25) is 0 Å². The maximum absolute atomic E-state index is 10.8. The van der Waals surface area contributed by atoms with E-state index in [9.17, 15) is 5.11 Å². The fourth-order valence-electron chi connectivity index (χ4n) is 3.43. The lowest BCUT2D eigenvalue weighted by molar-refractivity contribution is 0.449. The van der Waals surface area contributed by atoms with Crippen LogP contribution in [-0.4, -0.2) is 14.9 Å². The van der Waals surface area contributed by atoms with E-state index in [0.717, 1.165) is 33.6 Å². The average molecular weight is 354 g/mol. The highest BCUT2D eigenvalue weighted by Crippen LogP contribution is 2.40. The number of para-hydroxylation sites is 1. The molecule has 1 N–H and O–H groups in total. The molecule has 4 rings (SSSR count). The minimum Gasteiger partial charge on any atom is -0.492 e. The maximum atomic E-state index is 10.8. The highest BCUT2D eigenvalue weighted by atomic mass is 16.3. The molecule has 0 saturated carbocycles. The molecule has 0 atom stereocenters. The van der Waals surface area contributed by atoms with E-state index in [1.165, 1.54) is 11.1 Å². The minimum atomic E-state index is 0.0404. The highest BCUT2D eigenvalue weighted by molar-refractivity contribution is 5.86. The Morgan fingerprint density at radius 2 is 1.48 bits per heavy atom. The third-order valence-corrected chi connectivity index (χ3v) is 4.84. The van der Waals surface area contributed by atoms with Crippen molar-refractivity contribution in [3.05, 3.63) is 89.5 Å². The van der Waals surface area contributed by atoms with E-state index in [-0.39, 0.29) is 5.88 Å². The zero-order valence-electron chi connectivity index (χ0n) is 15.8.